The molecular weight excluding hydrogens is 248 g/mol. The van der Waals surface area contributed by atoms with Crippen LogP contribution in [0.15, 0.2) is 42.6 Å². The van der Waals surface area contributed by atoms with E-state index < -0.39 is 0 Å². The maximum atomic E-state index is 4.44. The highest BCUT2D eigenvalue weighted by atomic mass is 15.1. The summed E-state index contributed by atoms with van der Waals surface area (Å²) < 4.78 is 0. The minimum absolute atomic E-state index is 0.577. The lowest BCUT2D eigenvalue weighted by atomic mass is 10.1. The Balaban J connectivity index is 1.82. The molecule has 2 aromatic rings. The molecule has 4 nitrogen and oxygen atoms in total. The van der Waals surface area contributed by atoms with Gasteiger partial charge in [0.2, 0.25) is 5.95 Å². The third-order valence-corrected chi connectivity index (χ3v) is 2.89. The van der Waals surface area contributed by atoms with E-state index in [1.165, 1.54) is 5.56 Å². The molecule has 0 spiro atoms. The summed E-state index contributed by atoms with van der Waals surface area (Å²) in [6.07, 6.45) is 2.76. The fraction of sp³-hybridized carbons (Fsp3) is 0.375. The van der Waals surface area contributed by atoms with E-state index in [4.69, 9.17) is 0 Å². The van der Waals surface area contributed by atoms with Crippen molar-refractivity contribution in [2.75, 3.05) is 23.7 Å². The lowest BCUT2D eigenvalue weighted by Gasteiger charge is -2.09. The first-order valence-corrected chi connectivity index (χ1v) is 7.09. The third kappa shape index (κ3) is 4.88. The number of nitrogens with one attached hydrogen (secondary N) is 2. The maximum Gasteiger partial charge on any atom is 0.224 e. The zero-order chi connectivity index (χ0) is 14.2. The SMILES string of the molecule is CC(C)CNc1nccc(NCCc2ccccc2)n1. The van der Waals surface area contributed by atoms with Crippen molar-refractivity contribution in [3.63, 3.8) is 0 Å². The fourth-order valence-electron chi connectivity index (χ4n) is 1.82. The van der Waals surface area contributed by atoms with Gasteiger partial charge in [0.15, 0.2) is 0 Å². The first kappa shape index (κ1) is 14.3. The second kappa shape index (κ2) is 7.48. The average molecular weight is 270 g/mol. The molecule has 0 fully saturated rings. The second-order valence-corrected chi connectivity index (χ2v) is 5.20. The van der Waals surface area contributed by atoms with Gasteiger partial charge in [0.05, 0.1) is 0 Å². The van der Waals surface area contributed by atoms with Gasteiger partial charge in [0.1, 0.15) is 5.82 Å². The lowest BCUT2D eigenvalue weighted by Crippen LogP contribution is -2.12. The van der Waals surface area contributed by atoms with Crippen LogP contribution in [0.4, 0.5) is 11.8 Å². The molecule has 1 aromatic heterocycles. The van der Waals surface area contributed by atoms with Gasteiger partial charge < -0.3 is 10.6 Å². The first-order valence-electron chi connectivity index (χ1n) is 7.09. The van der Waals surface area contributed by atoms with Gasteiger partial charge in [-0.1, -0.05) is 44.2 Å². The molecule has 1 heterocycles. The van der Waals surface area contributed by atoms with Gasteiger partial charge >= 0.3 is 0 Å². The Morgan fingerprint density at radius 1 is 1.05 bits per heavy atom. The van der Waals surface area contributed by atoms with Crippen LogP contribution in [0.25, 0.3) is 0 Å². The van der Waals surface area contributed by atoms with Crippen molar-refractivity contribution in [1.82, 2.24) is 9.97 Å². The summed E-state index contributed by atoms with van der Waals surface area (Å²) in [4.78, 5) is 8.66. The molecule has 20 heavy (non-hydrogen) atoms. The molecule has 4 heteroatoms. The maximum absolute atomic E-state index is 4.44. The van der Waals surface area contributed by atoms with Crippen LogP contribution in [-0.2, 0) is 6.42 Å². The van der Waals surface area contributed by atoms with E-state index >= 15 is 0 Å². The normalized spacial score (nSPS) is 10.6. The molecule has 0 aliphatic heterocycles. The summed E-state index contributed by atoms with van der Waals surface area (Å²) >= 11 is 0. The fourth-order valence-corrected chi connectivity index (χ4v) is 1.82. The van der Waals surface area contributed by atoms with Crippen molar-refractivity contribution in [3.8, 4) is 0 Å². The molecule has 0 aliphatic rings. The molecule has 106 valence electrons. The van der Waals surface area contributed by atoms with E-state index in [2.05, 4.69) is 58.7 Å². The topological polar surface area (TPSA) is 49.8 Å². The summed E-state index contributed by atoms with van der Waals surface area (Å²) in [5.74, 6) is 2.12. The van der Waals surface area contributed by atoms with Crippen molar-refractivity contribution in [2.45, 2.75) is 20.3 Å². The molecule has 2 N–H and O–H groups in total. The molecular formula is C16H22N4. The summed E-state index contributed by atoms with van der Waals surface area (Å²) in [7, 11) is 0. The molecule has 0 saturated heterocycles. The molecule has 0 saturated carbocycles. The largest absolute Gasteiger partial charge is 0.370 e. The Labute approximate surface area is 120 Å². The van der Waals surface area contributed by atoms with Crippen molar-refractivity contribution in [3.05, 3.63) is 48.2 Å². The van der Waals surface area contributed by atoms with Crippen LogP contribution in [0, 0.1) is 5.92 Å². The van der Waals surface area contributed by atoms with Gasteiger partial charge in [-0.05, 0) is 24.0 Å². The van der Waals surface area contributed by atoms with Crippen molar-refractivity contribution in [1.29, 1.82) is 0 Å². The molecule has 0 bridgehead atoms. The highest BCUT2D eigenvalue weighted by Gasteiger charge is 2.00. The first-order chi connectivity index (χ1) is 9.74. The van der Waals surface area contributed by atoms with Crippen LogP contribution in [0.2, 0.25) is 0 Å². The Kier molecular flexibility index (Phi) is 5.35. The van der Waals surface area contributed by atoms with Crippen LogP contribution in [0.5, 0.6) is 0 Å². The highest BCUT2D eigenvalue weighted by Crippen LogP contribution is 2.07. The van der Waals surface area contributed by atoms with Crippen LogP contribution in [0.1, 0.15) is 19.4 Å². The smallest absolute Gasteiger partial charge is 0.224 e. The van der Waals surface area contributed by atoms with Crippen molar-refractivity contribution >= 4 is 11.8 Å². The highest BCUT2D eigenvalue weighted by molar-refractivity contribution is 5.39. The zero-order valence-electron chi connectivity index (χ0n) is 12.1. The van der Waals surface area contributed by atoms with Gasteiger partial charge in [-0.15, -0.1) is 0 Å². The Morgan fingerprint density at radius 2 is 1.85 bits per heavy atom. The molecule has 0 unspecified atom stereocenters. The monoisotopic (exact) mass is 270 g/mol. The van der Waals surface area contributed by atoms with E-state index in [9.17, 15) is 0 Å². The van der Waals surface area contributed by atoms with Gasteiger partial charge in [0, 0.05) is 19.3 Å². The number of aromatic nitrogens is 2. The van der Waals surface area contributed by atoms with Crippen LogP contribution in [0.3, 0.4) is 0 Å². The number of benzene rings is 1. The molecule has 0 aliphatic carbocycles. The lowest BCUT2D eigenvalue weighted by molar-refractivity contribution is 0.684. The van der Waals surface area contributed by atoms with Crippen LogP contribution in [-0.4, -0.2) is 23.1 Å². The van der Waals surface area contributed by atoms with Crippen molar-refractivity contribution in [2.24, 2.45) is 5.92 Å². The minimum atomic E-state index is 0.577. The molecule has 2 rings (SSSR count). The number of hydrogen-bond acceptors (Lipinski definition) is 4. The third-order valence-electron chi connectivity index (χ3n) is 2.89. The standard InChI is InChI=1S/C16H22N4/c1-13(2)12-19-16-18-11-9-15(20-16)17-10-8-14-6-4-3-5-7-14/h3-7,9,11,13H,8,10,12H2,1-2H3,(H2,17,18,19,20). The van der Waals surface area contributed by atoms with Crippen molar-refractivity contribution < 1.29 is 0 Å². The van der Waals surface area contributed by atoms with E-state index in [0.717, 1.165) is 25.3 Å². The zero-order valence-corrected chi connectivity index (χ0v) is 12.1. The average Bonchev–Trinajstić information content (AvgIpc) is 2.47. The van der Waals surface area contributed by atoms with Gasteiger partial charge in [0.25, 0.3) is 0 Å². The molecule has 0 amide bonds. The number of hydrogen-bond donors (Lipinski definition) is 2. The van der Waals surface area contributed by atoms with E-state index in [0.29, 0.717) is 11.9 Å². The summed E-state index contributed by atoms with van der Waals surface area (Å²) in [6.45, 7) is 6.07. The predicted molar refractivity (Wildman–Crippen MR) is 84.0 cm³/mol. The Bertz CT molecular complexity index is 511. The molecule has 1 aromatic carbocycles. The summed E-state index contributed by atoms with van der Waals surface area (Å²) in [6, 6.07) is 12.3. The van der Waals surface area contributed by atoms with E-state index in [-0.39, 0.29) is 0 Å². The van der Waals surface area contributed by atoms with Gasteiger partial charge in [-0.2, -0.15) is 4.98 Å². The van der Waals surface area contributed by atoms with Gasteiger partial charge in [-0.25, -0.2) is 4.98 Å². The summed E-state index contributed by atoms with van der Waals surface area (Å²) in [5.41, 5.74) is 1.33. The van der Waals surface area contributed by atoms with E-state index in [1.807, 2.05) is 12.1 Å². The van der Waals surface area contributed by atoms with Crippen LogP contribution < -0.4 is 10.6 Å². The Hall–Kier alpha value is -2.10. The quantitative estimate of drug-likeness (QED) is 0.811. The predicted octanol–water partition coefficient (Wildman–Crippen LogP) is 3.20. The number of anilines is 2. The summed E-state index contributed by atoms with van der Waals surface area (Å²) in [5, 5.41) is 6.56. The van der Waals surface area contributed by atoms with Crippen LogP contribution >= 0.6 is 0 Å². The molecule has 0 atom stereocenters. The molecule has 0 radical (unpaired) electrons. The minimum Gasteiger partial charge on any atom is -0.370 e. The van der Waals surface area contributed by atoms with E-state index in [1.54, 1.807) is 6.20 Å². The number of nitrogens with zero attached hydrogens (tertiary/aromatic N) is 2. The number of rotatable bonds is 7. The van der Waals surface area contributed by atoms with Gasteiger partial charge in [-0.3, -0.25) is 0 Å². The Morgan fingerprint density at radius 3 is 2.60 bits per heavy atom. The second-order valence-electron chi connectivity index (χ2n) is 5.20.